The summed E-state index contributed by atoms with van der Waals surface area (Å²) in [5.74, 6) is -6.06. The van der Waals surface area contributed by atoms with Gasteiger partial charge in [0, 0.05) is 18.8 Å². The maximum Gasteiger partial charge on any atom is 0.393 e. The molecule has 1 aromatic rings. The largest absolute Gasteiger partial charge is 0.481 e. The molecule has 2 atom stereocenters. The molecule has 0 saturated carbocycles. The van der Waals surface area contributed by atoms with Crippen LogP contribution in [0, 0.1) is 11.8 Å². The van der Waals surface area contributed by atoms with Gasteiger partial charge in [0.15, 0.2) is 0 Å². The number of para-hydroxylation sites is 1. The van der Waals surface area contributed by atoms with Crippen LogP contribution in [0.5, 0.6) is 0 Å². The molecular formula is C15H17ClF3N3O4. The highest BCUT2D eigenvalue weighted by Gasteiger charge is 2.52. The van der Waals surface area contributed by atoms with Crippen molar-refractivity contribution < 1.29 is 32.7 Å². The number of carboxylic acids is 1. The molecular weight excluding hydrogens is 379 g/mol. The Kier molecular flexibility index (Phi) is 7.40. The number of hydrogen-bond acceptors (Lipinski definition) is 4. The zero-order valence-electron chi connectivity index (χ0n) is 13.3. The third-order valence-electron chi connectivity index (χ3n) is 3.78. The molecule has 1 aliphatic rings. The summed E-state index contributed by atoms with van der Waals surface area (Å²) < 4.78 is 38.6. The molecule has 0 spiro atoms. The van der Waals surface area contributed by atoms with Crippen molar-refractivity contribution >= 4 is 36.0 Å². The second-order valence-electron chi connectivity index (χ2n) is 5.66. The number of nitrogens with zero attached hydrogens (tertiary/aromatic N) is 1. The van der Waals surface area contributed by atoms with Crippen LogP contribution in [0.25, 0.3) is 0 Å². The van der Waals surface area contributed by atoms with Crippen molar-refractivity contribution in [2.45, 2.75) is 6.18 Å². The van der Waals surface area contributed by atoms with Gasteiger partial charge in [-0.2, -0.15) is 13.2 Å². The summed E-state index contributed by atoms with van der Waals surface area (Å²) in [5, 5.41) is 13.3. The first-order chi connectivity index (χ1) is 11.7. The minimum atomic E-state index is -4.67. The molecule has 1 aliphatic heterocycles. The number of carbonyl (C=O) groups is 3. The molecule has 1 saturated heterocycles. The fourth-order valence-corrected chi connectivity index (χ4v) is 2.65. The minimum Gasteiger partial charge on any atom is -0.481 e. The first kappa shape index (κ1) is 21.7. The summed E-state index contributed by atoms with van der Waals surface area (Å²) in [6.07, 6.45) is -4.67. The number of urea groups is 1. The number of hydrogen-bond donors (Lipinski definition) is 3. The molecule has 7 nitrogen and oxygen atoms in total. The summed E-state index contributed by atoms with van der Waals surface area (Å²) in [6, 6.07) is 7.44. The average Bonchev–Trinajstić information content (AvgIpc) is 2.92. The number of alkyl halides is 3. The number of carbonyl (C=O) groups excluding carboxylic acids is 2. The van der Waals surface area contributed by atoms with Crippen molar-refractivity contribution in [3.63, 3.8) is 0 Å². The van der Waals surface area contributed by atoms with Crippen molar-refractivity contribution in [1.29, 1.82) is 0 Å². The highest BCUT2D eigenvalue weighted by Crippen LogP contribution is 2.37. The van der Waals surface area contributed by atoms with Gasteiger partial charge >= 0.3 is 18.2 Å². The number of likely N-dealkylation sites (tertiary alicyclic amines) is 1. The second-order valence-corrected chi connectivity index (χ2v) is 5.66. The van der Waals surface area contributed by atoms with Crippen LogP contribution in [0.1, 0.15) is 0 Å². The van der Waals surface area contributed by atoms with Gasteiger partial charge in [-0.3, -0.25) is 19.8 Å². The molecule has 1 heterocycles. The smallest absolute Gasteiger partial charge is 0.393 e. The topological polar surface area (TPSA) is 98.7 Å². The predicted octanol–water partition coefficient (Wildman–Crippen LogP) is 1.95. The number of carboxylic acid groups (broad SMARTS) is 1. The first-order valence-electron chi connectivity index (χ1n) is 7.34. The van der Waals surface area contributed by atoms with Gasteiger partial charge in [0.25, 0.3) is 0 Å². The predicted molar refractivity (Wildman–Crippen MR) is 88.0 cm³/mol. The number of halogens is 4. The fraction of sp³-hybridized carbons (Fsp3) is 0.400. The summed E-state index contributed by atoms with van der Waals surface area (Å²) in [7, 11) is 0. The van der Waals surface area contributed by atoms with E-state index in [1.54, 1.807) is 30.3 Å². The SMILES string of the molecule is Cl.O=C(CN1C[C@@H](C(F)(F)F)[C@H](C(=O)O)C1)NC(=O)Nc1ccccc1. The molecule has 2 rings (SSSR count). The summed E-state index contributed by atoms with van der Waals surface area (Å²) in [4.78, 5) is 35.5. The summed E-state index contributed by atoms with van der Waals surface area (Å²) in [6.45, 7) is -1.51. The van der Waals surface area contributed by atoms with E-state index in [1.165, 1.54) is 0 Å². The van der Waals surface area contributed by atoms with Gasteiger partial charge in [-0.15, -0.1) is 12.4 Å². The lowest BCUT2D eigenvalue weighted by Gasteiger charge is -2.18. The average molecular weight is 396 g/mol. The maximum absolute atomic E-state index is 12.9. The van der Waals surface area contributed by atoms with Crippen molar-refractivity contribution in [1.82, 2.24) is 10.2 Å². The Bertz CT molecular complexity index is 657. The standard InChI is InChI=1S/C15H16F3N3O4.ClH/c16-15(17,18)11-7-21(6-10(11)13(23)24)8-12(22)20-14(25)19-9-4-2-1-3-5-9;/h1-5,10-11H,6-8H2,(H,23,24)(H2,19,20,22,25);1H/t10-,11-;/m1./s1. The van der Waals surface area contributed by atoms with E-state index in [-0.39, 0.29) is 12.4 Å². The van der Waals surface area contributed by atoms with Gasteiger partial charge in [-0.1, -0.05) is 18.2 Å². The number of nitrogens with one attached hydrogen (secondary N) is 2. The van der Waals surface area contributed by atoms with Gasteiger partial charge in [0.05, 0.1) is 18.4 Å². The third kappa shape index (κ3) is 5.88. The number of anilines is 1. The minimum absolute atomic E-state index is 0. The van der Waals surface area contributed by atoms with E-state index in [1.807, 2.05) is 5.32 Å². The van der Waals surface area contributed by atoms with Gasteiger partial charge in [-0.05, 0) is 12.1 Å². The molecule has 0 aliphatic carbocycles. The number of benzene rings is 1. The molecule has 0 aromatic heterocycles. The highest BCUT2D eigenvalue weighted by molar-refractivity contribution is 6.01. The molecule has 1 aromatic carbocycles. The van der Waals surface area contributed by atoms with Crippen LogP contribution in [-0.4, -0.2) is 53.7 Å². The van der Waals surface area contributed by atoms with E-state index < -0.39 is 55.6 Å². The van der Waals surface area contributed by atoms with E-state index >= 15 is 0 Å². The van der Waals surface area contributed by atoms with Crippen LogP contribution in [0.4, 0.5) is 23.7 Å². The quantitative estimate of drug-likeness (QED) is 0.723. The molecule has 0 bridgehead atoms. The normalized spacial score (nSPS) is 20.1. The van der Waals surface area contributed by atoms with Crippen LogP contribution in [-0.2, 0) is 9.59 Å². The van der Waals surface area contributed by atoms with Crippen LogP contribution in [0.3, 0.4) is 0 Å². The van der Waals surface area contributed by atoms with E-state index in [0.717, 1.165) is 4.90 Å². The van der Waals surface area contributed by atoms with Crippen molar-refractivity contribution in [3.8, 4) is 0 Å². The van der Waals surface area contributed by atoms with Gasteiger partial charge in [0.2, 0.25) is 5.91 Å². The third-order valence-corrected chi connectivity index (χ3v) is 3.78. The molecule has 0 unspecified atom stereocenters. The van der Waals surface area contributed by atoms with Crippen LogP contribution < -0.4 is 10.6 Å². The molecule has 11 heteroatoms. The number of imide groups is 1. The van der Waals surface area contributed by atoms with E-state index in [0.29, 0.717) is 5.69 Å². The van der Waals surface area contributed by atoms with E-state index in [4.69, 9.17) is 5.11 Å². The second kappa shape index (κ2) is 8.86. The molecule has 3 N–H and O–H groups in total. The van der Waals surface area contributed by atoms with Crippen LogP contribution in [0.15, 0.2) is 30.3 Å². The number of rotatable bonds is 4. The van der Waals surface area contributed by atoms with E-state index in [9.17, 15) is 27.6 Å². The van der Waals surface area contributed by atoms with Crippen molar-refractivity contribution in [2.24, 2.45) is 11.8 Å². The Hall–Kier alpha value is -2.33. The number of aliphatic carboxylic acids is 1. The van der Waals surface area contributed by atoms with Crippen molar-refractivity contribution in [3.05, 3.63) is 30.3 Å². The van der Waals surface area contributed by atoms with Gasteiger partial charge < -0.3 is 10.4 Å². The Morgan fingerprint density at radius 3 is 2.27 bits per heavy atom. The van der Waals surface area contributed by atoms with E-state index in [2.05, 4.69) is 5.32 Å². The lowest BCUT2D eigenvalue weighted by molar-refractivity contribution is -0.188. The molecule has 1 fully saturated rings. The fourth-order valence-electron chi connectivity index (χ4n) is 2.65. The summed E-state index contributed by atoms with van der Waals surface area (Å²) >= 11 is 0. The number of amides is 3. The van der Waals surface area contributed by atoms with Crippen molar-refractivity contribution in [2.75, 3.05) is 25.0 Å². The highest BCUT2D eigenvalue weighted by atomic mass is 35.5. The van der Waals surface area contributed by atoms with Gasteiger partial charge in [-0.25, -0.2) is 4.79 Å². The van der Waals surface area contributed by atoms with Crippen LogP contribution in [0.2, 0.25) is 0 Å². The summed E-state index contributed by atoms with van der Waals surface area (Å²) in [5.41, 5.74) is 0.442. The lowest BCUT2D eigenvalue weighted by atomic mass is 9.96. The Morgan fingerprint density at radius 1 is 1.15 bits per heavy atom. The zero-order valence-corrected chi connectivity index (χ0v) is 14.1. The molecule has 26 heavy (non-hydrogen) atoms. The molecule has 3 amide bonds. The Morgan fingerprint density at radius 2 is 1.77 bits per heavy atom. The lowest BCUT2D eigenvalue weighted by Crippen LogP contribution is -2.41. The van der Waals surface area contributed by atoms with Crippen LogP contribution >= 0.6 is 12.4 Å². The Labute approximate surface area is 152 Å². The molecule has 144 valence electrons. The Balaban J connectivity index is 0.00000338. The van der Waals surface area contributed by atoms with Gasteiger partial charge in [0.1, 0.15) is 0 Å². The first-order valence-corrected chi connectivity index (χ1v) is 7.34. The monoisotopic (exact) mass is 395 g/mol. The maximum atomic E-state index is 12.9. The zero-order chi connectivity index (χ0) is 18.6. The molecule has 0 radical (unpaired) electrons.